The first-order chi connectivity index (χ1) is 10.2. The second-order valence-corrected chi connectivity index (χ2v) is 5.45. The maximum Gasteiger partial charge on any atom is 0.127 e. The molecule has 0 aromatic heterocycles. The Morgan fingerprint density at radius 2 is 1.67 bits per heavy atom. The highest BCUT2D eigenvalue weighted by molar-refractivity contribution is 9.10. The molecule has 0 fully saturated rings. The van der Waals surface area contributed by atoms with Gasteiger partial charge in [-0.15, -0.1) is 0 Å². The third-order valence-corrected chi connectivity index (χ3v) is 4.17. The number of benzene rings is 2. The molecule has 21 heavy (non-hydrogen) atoms. The smallest absolute Gasteiger partial charge is 0.127 e. The molecule has 0 radical (unpaired) electrons. The van der Waals surface area contributed by atoms with Crippen LogP contribution in [-0.4, -0.2) is 14.2 Å². The fourth-order valence-electron chi connectivity index (χ4n) is 2.35. The number of hydrogen-bond acceptors (Lipinski definition) is 4. The van der Waals surface area contributed by atoms with Gasteiger partial charge in [-0.25, -0.2) is 0 Å². The lowest BCUT2D eigenvalue weighted by atomic mass is 9.97. The third-order valence-electron chi connectivity index (χ3n) is 3.40. The number of hydrogen-bond donors (Lipinski definition) is 2. The van der Waals surface area contributed by atoms with Crippen molar-refractivity contribution in [1.82, 2.24) is 5.43 Å². The van der Waals surface area contributed by atoms with E-state index in [9.17, 15) is 0 Å². The molecule has 0 amide bonds. The van der Waals surface area contributed by atoms with Gasteiger partial charge in [0.15, 0.2) is 0 Å². The van der Waals surface area contributed by atoms with Gasteiger partial charge >= 0.3 is 0 Å². The molecular weight excluding hydrogens is 332 g/mol. The number of methoxy groups -OCH3 is 2. The fourth-order valence-corrected chi connectivity index (χ4v) is 2.80. The number of halogens is 1. The van der Waals surface area contributed by atoms with E-state index in [0.717, 1.165) is 27.1 Å². The van der Waals surface area contributed by atoms with Crippen LogP contribution in [0.25, 0.3) is 0 Å². The summed E-state index contributed by atoms with van der Waals surface area (Å²) in [5.41, 5.74) is 4.94. The van der Waals surface area contributed by atoms with Crippen molar-refractivity contribution in [2.24, 2.45) is 5.84 Å². The van der Waals surface area contributed by atoms with Crippen LogP contribution in [0, 0.1) is 0 Å². The van der Waals surface area contributed by atoms with Gasteiger partial charge in [-0.3, -0.25) is 11.3 Å². The SMILES string of the molecule is COc1cccc(OC)c1C(Cc1ccccc1Br)NN. The van der Waals surface area contributed by atoms with Crippen molar-refractivity contribution in [3.63, 3.8) is 0 Å². The van der Waals surface area contributed by atoms with E-state index in [-0.39, 0.29) is 6.04 Å². The number of nitrogens with two attached hydrogens (primary N) is 1. The van der Waals surface area contributed by atoms with E-state index in [1.165, 1.54) is 0 Å². The lowest BCUT2D eigenvalue weighted by molar-refractivity contribution is 0.370. The summed E-state index contributed by atoms with van der Waals surface area (Å²) in [7, 11) is 3.29. The average molecular weight is 351 g/mol. The van der Waals surface area contributed by atoms with Crippen LogP contribution < -0.4 is 20.7 Å². The van der Waals surface area contributed by atoms with Crippen molar-refractivity contribution in [3.05, 3.63) is 58.1 Å². The Balaban J connectivity index is 2.40. The van der Waals surface area contributed by atoms with E-state index in [1.807, 2.05) is 36.4 Å². The highest BCUT2D eigenvalue weighted by Crippen LogP contribution is 2.36. The van der Waals surface area contributed by atoms with Gasteiger partial charge in [-0.2, -0.15) is 0 Å². The van der Waals surface area contributed by atoms with Crippen molar-refractivity contribution in [2.45, 2.75) is 12.5 Å². The molecule has 1 atom stereocenters. The Bertz CT molecular complexity index is 582. The molecule has 0 spiro atoms. The van der Waals surface area contributed by atoms with E-state index in [4.69, 9.17) is 15.3 Å². The first-order valence-electron chi connectivity index (χ1n) is 6.61. The molecule has 0 aliphatic carbocycles. The van der Waals surface area contributed by atoms with Crippen molar-refractivity contribution in [1.29, 1.82) is 0 Å². The van der Waals surface area contributed by atoms with Gasteiger partial charge in [-0.1, -0.05) is 40.2 Å². The average Bonchev–Trinajstić information content (AvgIpc) is 2.53. The molecule has 0 bridgehead atoms. The highest BCUT2D eigenvalue weighted by atomic mass is 79.9. The van der Waals surface area contributed by atoms with E-state index >= 15 is 0 Å². The van der Waals surface area contributed by atoms with E-state index in [0.29, 0.717) is 6.42 Å². The van der Waals surface area contributed by atoms with Crippen LogP contribution in [0.2, 0.25) is 0 Å². The Morgan fingerprint density at radius 1 is 1.05 bits per heavy atom. The molecule has 0 saturated carbocycles. The maximum atomic E-state index is 5.77. The van der Waals surface area contributed by atoms with Crippen LogP contribution in [0.4, 0.5) is 0 Å². The molecule has 112 valence electrons. The van der Waals surface area contributed by atoms with E-state index in [2.05, 4.69) is 27.4 Å². The largest absolute Gasteiger partial charge is 0.496 e. The summed E-state index contributed by atoms with van der Waals surface area (Å²) < 4.78 is 12.0. The third kappa shape index (κ3) is 3.56. The molecule has 1 unspecified atom stereocenters. The number of rotatable bonds is 6. The summed E-state index contributed by atoms with van der Waals surface area (Å²) in [6, 6.07) is 13.7. The highest BCUT2D eigenvalue weighted by Gasteiger charge is 2.21. The first-order valence-corrected chi connectivity index (χ1v) is 7.41. The molecular formula is C16H19BrN2O2. The Hall–Kier alpha value is -1.56. The maximum absolute atomic E-state index is 5.77. The normalized spacial score (nSPS) is 12.0. The lowest BCUT2D eigenvalue weighted by Gasteiger charge is -2.22. The summed E-state index contributed by atoms with van der Waals surface area (Å²) in [5.74, 6) is 7.28. The summed E-state index contributed by atoms with van der Waals surface area (Å²) in [5, 5.41) is 0. The zero-order valence-electron chi connectivity index (χ0n) is 12.1. The molecule has 5 heteroatoms. The second kappa shape index (κ2) is 7.45. The number of nitrogens with one attached hydrogen (secondary N) is 1. The molecule has 3 N–H and O–H groups in total. The monoisotopic (exact) mass is 350 g/mol. The second-order valence-electron chi connectivity index (χ2n) is 4.59. The van der Waals surface area contributed by atoms with Gasteiger partial charge in [0, 0.05) is 4.47 Å². The van der Waals surface area contributed by atoms with Gasteiger partial charge in [0.25, 0.3) is 0 Å². The van der Waals surface area contributed by atoms with Crippen LogP contribution in [-0.2, 0) is 6.42 Å². The van der Waals surface area contributed by atoms with E-state index in [1.54, 1.807) is 14.2 Å². The van der Waals surface area contributed by atoms with E-state index < -0.39 is 0 Å². The molecule has 2 aromatic rings. The molecule has 4 nitrogen and oxygen atoms in total. The Labute approximate surface area is 133 Å². The van der Waals surface area contributed by atoms with Gasteiger partial charge in [0.1, 0.15) is 11.5 Å². The van der Waals surface area contributed by atoms with Crippen molar-refractivity contribution < 1.29 is 9.47 Å². The number of hydrazine groups is 1. The first kappa shape index (κ1) is 15.8. The minimum atomic E-state index is -0.116. The van der Waals surface area contributed by atoms with Gasteiger partial charge in [-0.05, 0) is 30.2 Å². The predicted molar refractivity (Wildman–Crippen MR) is 87.5 cm³/mol. The van der Waals surface area contributed by atoms with Crippen LogP contribution in [0.3, 0.4) is 0 Å². The summed E-state index contributed by atoms with van der Waals surface area (Å²) in [6.07, 6.45) is 0.717. The Morgan fingerprint density at radius 3 is 2.19 bits per heavy atom. The molecule has 0 saturated heterocycles. The summed E-state index contributed by atoms with van der Waals surface area (Å²) in [6.45, 7) is 0. The molecule has 2 aromatic carbocycles. The molecule has 0 aliphatic rings. The van der Waals surface area contributed by atoms with Crippen molar-refractivity contribution in [3.8, 4) is 11.5 Å². The minimum Gasteiger partial charge on any atom is -0.496 e. The topological polar surface area (TPSA) is 56.5 Å². The van der Waals surface area contributed by atoms with Crippen molar-refractivity contribution in [2.75, 3.05) is 14.2 Å². The van der Waals surface area contributed by atoms with Crippen LogP contribution in [0.1, 0.15) is 17.2 Å². The number of ether oxygens (including phenoxy) is 2. The predicted octanol–water partition coefficient (Wildman–Crippen LogP) is 3.21. The van der Waals surface area contributed by atoms with Crippen LogP contribution in [0.15, 0.2) is 46.9 Å². The van der Waals surface area contributed by atoms with Gasteiger partial charge in [0.2, 0.25) is 0 Å². The molecule has 2 rings (SSSR count). The minimum absolute atomic E-state index is 0.116. The van der Waals surface area contributed by atoms with Gasteiger partial charge < -0.3 is 9.47 Å². The molecule has 0 heterocycles. The summed E-state index contributed by atoms with van der Waals surface area (Å²) >= 11 is 3.57. The standard InChI is InChI=1S/C16H19BrN2O2/c1-20-14-8-5-9-15(21-2)16(14)13(19-18)10-11-6-3-4-7-12(11)17/h3-9,13,19H,10,18H2,1-2H3. The van der Waals surface area contributed by atoms with Crippen LogP contribution in [0.5, 0.6) is 11.5 Å². The van der Waals surface area contributed by atoms with Crippen LogP contribution >= 0.6 is 15.9 Å². The van der Waals surface area contributed by atoms with Gasteiger partial charge in [0.05, 0.1) is 25.8 Å². The summed E-state index contributed by atoms with van der Waals surface area (Å²) in [4.78, 5) is 0. The quantitative estimate of drug-likeness (QED) is 0.620. The fraction of sp³-hybridized carbons (Fsp3) is 0.250. The Kier molecular flexibility index (Phi) is 5.61. The lowest BCUT2D eigenvalue weighted by Crippen LogP contribution is -2.30. The van der Waals surface area contributed by atoms with Crippen molar-refractivity contribution >= 4 is 15.9 Å². The zero-order chi connectivity index (χ0) is 15.2. The zero-order valence-corrected chi connectivity index (χ0v) is 13.7. The molecule has 0 aliphatic heterocycles.